The Morgan fingerprint density at radius 1 is 1.11 bits per heavy atom. The van der Waals surface area contributed by atoms with Gasteiger partial charge in [-0.05, 0) is 51.8 Å². The number of benzene rings is 1. The van der Waals surface area contributed by atoms with Gasteiger partial charge in [0.1, 0.15) is 11.4 Å². The second-order valence-corrected chi connectivity index (χ2v) is 8.43. The van der Waals surface area contributed by atoms with Crippen molar-refractivity contribution in [1.29, 1.82) is 0 Å². The quantitative estimate of drug-likeness (QED) is 0.802. The molecular formula is C20H31FN4O2. The molecule has 2 aliphatic rings. The van der Waals surface area contributed by atoms with E-state index in [0.717, 1.165) is 52.1 Å². The first kappa shape index (κ1) is 19.7. The highest BCUT2D eigenvalue weighted by molar-refractivity contribution is 5.68. The number of piperidine rings is 1. The van der Waals surface area contributed by atoms with E-state index < -0.39 is 5.60 Å². The van der Waals surface area contributed by atoms with Crippen molar-refractivity contribution in [3.63, 3.8) is 0 Å². The van der Waals surface area contributed by atoms with Crippen LogP contribution in [-0.4, -0.2) is 66.8 Å². The number of hydrogen-bond donors (Lipinski definition) is 1. The standard InChI is InChI=1S/C20H31FN4O2/c1-20(2,3)27-19(26)25-8-6-16(7-9-25)23-10-12-24(13-11-23)18-5-4-15(22)14-17(18)21/h4-5,14,16H,6-13,22H2,1-3H3. The van der Waals surface area contributed by atoms with E-state index in [4.69, 9.17) is 10.5 Å². The van der Waals surface area contributed by atoms with E-state index in [1.54, 1.807) is 12.1 Å². The fraction of sp³-hybridized carbons (Fsp3) is 0.650. The lowest BCUT2D eigenvalue weighted by atomic mass is 10.0. The Morgan fingerprint density at radius 3 is 2.30 bits per heavy atom. The number of nitrogen functional groups attached to an aromatic ring is 1. The molecule has 0 radical (unpaired) electrons. The van der Waals surface area contributed by atoms with Gasteiger partial charge in [0.2, 0.25) is 0 Å². The minimum atomic E-state index is -0.457. The van der Waals surface area contributed by atoms with Crippen LogP contribution >= 0.6 is 0 Å². The smallest absolute Gasteiger partial charge is 0.410 e. The van der Waals surface area contributed by atoms with Crippen molar-refractivity contribution in [2.24, 2.45) is 0 Å². The number of carbonyl (C=O) groups is 1. The SMILES string of the molecule is CC(C)(C)OC(=O)N1CCC(N2CCN(c3ccc(N)cc3F)CC2)CC1. The Bertz CT molecular complexity index is 660. The Kier molecular flexibility index (Phi) is 5.79. The Morgan fingerprint density at radius 2 is 1.74 bits per heavy atom. The van der Waals surface area contributed by atoms with Gasteiger partial charge < -0.3 is 20.3 Å². The van der Waals surface area contributed by atoms with Gasteiger partial charge in [-0.15, -0.1) is 0 Å². The molecule has 0 unspecified atom stereocenters. The summed E-state index contributed by atoms with van der Waals surface area (Å²) in [6, 6.07) is 5.37. The maximum absolute atomic E-state index is 14.1. The fourth-order valence-corrected chi connectivity index (χ4v) is 3.85. The highest BCUT2D eigenvalue weighted by atomic mass is 19.1. The largest absolute Gasteiger partial charge is 0.444 e. The highest BCUT2D eigenvalue weighted by Crippen LogP contribution is 2.25. The van der Waals surface area contributed by atoms with Crippen LogP contribution in [0, 0.1) is 5.82 Å². The van der Waals surface area contributed by atoms with E-state index in [1.807, 2.05) is 25.7 Å². The van der Waals surface area contributed by atoms with Gasteiger partial charge in [0.05, 0.1) is 5.69 Å². The van der Waals surface area contributed by atoms with E-state index >= 15 is 0 Å². The summed E-state index contributed by atoms with van der Waals surface area (Å²) in [4.78, 5) is 18.6. The predicted octanol–water partition coefficient (Wildman–Crippen LogP) is 2.93. The van der Waals surface area contributed by atoms with Crippen molar-refractivity contribution < 1.29 is 13.9 Å². The number of nitrogens with two attached hydrogens (primary N) is 1. The molecule has 150 valence electrons. The first-order valence-electron chi connectivity index (χ1n) is 9.75. The van der Waals surface area contributed by atoms with Crippen molar-refractivity contribution in [1.82, 2.24) is 9.80 Å². The maximum Gasteiger partial charge on any atom is 0.410 e. The number of nitrogens with zero attached hydrogens (tertiary/aromatic N) is 3. The minimum absolute atomic E-state index is 0.218. The van der Waals surface area contributed by atoms with Crippen LogP contribution in [0.4, 0.5) is 20.6 Å². The molecular weight excluding hydrogens is 347 g/mol. The molecule has 2 saturated heterocycles. The maximum atomic E-state index is 14.1. The normalized spacial score (nSPS) is 20.0. The molecule has 7 heteroatoms. The molecule has 1 aromatic carbocycles. The van der Waals surface area contributed by atoms with E-state index in [9.17, 15) is 9.18 Å². The molecule has 0 saturated carbocycles. The van der Waals surface area contributed by atoms with Crippen molar-refractivity contribution in [3.8, 4) is 0 Å². The van der Waals surface area contributed by atoms with Gasteiger partial charge in [-0.2, -0.15) is 0 Å². The summed E-state index contributed by atoms with van der Waals surface area (Å²) in [5.41, 5.74) is 6.26. The lowest BCUT2D eigenvalue weighted by molar-refractivity contribution is 0.0140. The van der Waals surface area contributed by atoms with Crippen LogP contribution in [0.2, 0.25) is 0 Å². The Hall–Kier alpha value is -2.02. The molecule has 27 heavy (non-hydrogen) atoms. The molecule has 0 aromatic heterocycles. The zero-order valence-corrected chi connectivity index (χ0v) is 16.6. The summed E-state index contributed by atoms with van der Waals surface area (Å²) in [6.45, 7) is 10.5. The van der Waals surface area contributed by atoms with Crippen LogP contribution in [0.5, 0.6) is 0 Å². The highest BCUT2D eigenvalue weighted by Gasteiger charge is 2.31. The molecule has 0 bridgehead atoms. The van der Waals surface area contributed by atoms with Crippen LogP contribution in [0.25, 0.3) is 0 Å². The van der Waals surface area contributed by atoms with Crippen molar-refractivity contribution >= 4 is 17.5 Å². The topological polar surface area (TPSA) is 62.0 Å². The monoisotopic (exact) mass is 378 g/mol. The number of carbonyl (C=O) groups excluding carboxylic acids is 1. The second kappa shape index (κ2) is 7.92. The number of anilines is 2. The number of amides is 1. The molecule has 0 spiro atoms. The van der Waals surface area contributed by atoms with Gasteiger partial charge in [-0.3, -0.25) is 4.90 Å². The molecule has 1 aromatic rings. The molecule has 2 fully saturated rings. The molecule has 0 atom stereocenters. The lowest BCUT2D eigenvalue weighted by Crippen LogP contribution is -2.54. The number of likely N-dealkylation sites (tertiary alicyclic amines) is 1. The van der Waals surface area contributed by atoms with Crippen LogP contribution < -0.4 is 10.6 Å². The van der Waals surface area contributed by atoms with Gasteiger partial charge in [0.25, 0.3) is 0 Å². The second-order valence-electron chi connectivity index (χ2n) is 8.43. The van der Waals surface area contributed by atoms with Gasteiger partial charge >= 0.3 is 6.09 Å². The number of rotatable bonds is 2. The van der Waals surface area contributed by atoms with Gasteiger partial charge in [0.15, 0.2) is 0 Å². The number of ether oxygens (including phenoxy) is 1. The summed E-state index contributed by atoms with van der Waals surface area (Å²) in [5.74, 6) is -0.255. The zero-order valence-electron chi connectivity index (χ0n) is 16.6. The summed E-state index contributed by atoms with van der Waals surface area (Å²) < 4.78 is 19.6. The van der Waals surface area contributed by atoms with Crippen molar-refractivity contribution in [3.05, 3.63) is 24.0 Å². The van der Waals surface area contributed by atoms with Crippen LogP contribution in [0.1, 0.15) is 33.6 Å². The van der Waals surface area contributed by atoms with Crippen LogP contribution in [0.15, 0.2) is 18.2 Å². The average Bonchev–Trinajstić information content (AvgIpc) is 2.61. The molecule has 0 aliphatic carbocycles. The lowest BCUT2D eigenvalue weighted by Gasteiger charge is -2.43. The summed E-state index contributed by atoms with van der Waals surface area (Å²) in [5, 5.41) is 0. The first-order chi connectivity index (χ1) is 12.7. The Balaban J connectivity index is 1.48. The minimum Gasteiger partial charge on any atom is -0.444 e. The molecule has 1 amide bonds. The number of hydrogen-bond acceptors (Lipinski definition) is 5. The van der Waals surface area contributed by atoms with Crippen LogP contribution in [-0.2, 0) is 4.74 Å². The average molecular weight is 378 g/mol. The third-order valence-electron chi connectivity index (χ3n) is 5.26. The number of piperazine rings is 1. The Labute approximate surface area is 161 Å². The predicted molar refractivity (Wildman–Crippen MR) is 105 cm³/mol. The van der Waals surface area contributed by atoms with E-state index in [2.05, 4.69) is 9.80 Å². The molecule has 3 rings (SSSR count). The van der Waals surface area contributed by atoms with Gasteiger partial charge in [-0.25, -0.2) is 9.18 Å². The zero-order chi connectivity index (χ0) is 19.6. The van der Waals surface area contributed by atoms with Crippen LogP contribution in [0.3, 0.4) is 0 Å². The van der Waals surface area contributed by atoms with Gasteiger partial charge in [0, 0.05) is 51.0 Å². The summed E-state index contributed by atoms with van der Waals surface area (Å²) >= 11 is 0. The third-order valence-corrected chi connectivity index (χ3v) is 5.26. The van der Waals surface area contributed by atoms with E-state index in [-0.39, 0.29) is 11.9 Å². The molecule has 2 N–H and O–H groups in total. The fourth-order valence-electron chi connectivity index (χ4n) is 3.85. The number of halogens is 1. The van der Waals surface area contributed by atoms with E-state index in [0.29, 0.717) is 17.4 Å². The molecule has 6 nitrogen and oxygen atoms in total. The van der Waals surface area contributed by atoms with Crippen molar-refractivity contribution in [2.75, 3.05) is 49.9 Å². The van der Waals surface area contributed by atoms with E-state index in [1.165, 1.54) is 6.07 Å². The van der Waals surface area contributed by atoms with Gasteiger partial charge in [-0.1, -0.05) is 0 Å². The first-order valence-corrected chi connectivity index (χ1v) is 9.75. The molecule has 2 heterocycles. The summed E-state index contributed by atoms with van der Waals surface area (Å²) in [7, 11) is 0. The summed E-state index contributed by atoms with van der Waals surface area (Å²) in [6.07, 6.45) is 1.69. The van der Waals surface area contributed by atoms with Crippen molar-refractivity contribution in [2.45, 2.75) is 45.3 Å². The third kappa shape index (κ3) is 5.03. The molecule has 2 aliphatic heterocycles.